The standard InChI is InChI=1S/C20H17Cl2N3O/c1-20(2,3)25-18-16(17(24-25)11-5-4-6-11)10-15(19(26)23-18)12-7-13(21)9-14(22)8-12/h4-10H,1-3H3,(H,23,26). The van der Waals surface area contributed by atoms with Crippen molar-refractivity contribution in [2.75, 3.05) is 0 Å². The molecule has 0 amide bonds. The van der Waals surface area contributed by atoms with Gasteiger partial charge in [-0.15, -0.1) is 0 Å². The number of H-pyrrole nitrogens is 1. The summed E-state index contributed by atoms with van der Waals surface area (Å²) in [5, 5.41) is 6.63. The fourth-order valence-electron chi connectivity index (χ4n) is 3.04. The summed E-state index contributed by atoms with van der Waals surface area (Å²) in [4.78, 5) is 15.8. The Labute approximate surface area is 160 Å². The minimum Gasteiger partial charge on any atom is -0.306 e. The van der Waals surface area contributed by atoms with E-state index in [0.717, 1.165) is 16.7 Å². The van der Waals surface area contributed by atoms with Gasteiger partial charge in [-0.3, -0.25) is 4.79 Å². The van der Waals surface area contributed by atoms with E-state index in [0.29, 0.717) is 26.8 Å². The molecule has 2 heterocycles. The predicted octanol–water partition coefficient (Wildman–Crippen LogP) is 5.41. The van der Waals surface area contributed by atoms with E-state index in [1.54, 1.807) is 18.2 Å². The third-order valence-electron chi connectivity index (χ3n) is 4.32. The van der Waals surface area contributed by atoms with Crippen LogP contribution in [-0.4, -0.2) is 14.8 Å². The Kier molecular flexibility index (Phi) is 3.86. The van der Waals surface area contributed by atoms with Gasteiger partial charge in [0.2, 0.25) is 0 Å². The quantitative estimate of drug-likeness (QED) is 0.641. The number of halogens is 2. The minimum absolute atomic E-state index is 0.203. The molecule has 1 N–H and O–H groups in total. The van der Waals surface area contributed by atoms with Crippen molar-refractivity contribution in [1.82, 2.24) is 14.8 Å². The molecule has 4 rings (SSSR count). The summed E-state index contributed by atoms with van der Waals surface area (Å²) in [5.74, 6) is 0. The van der Waals surface area contributed by atoms with Crippen LogP contribution in [0.5, 0.6) is 0 Å². The second-order valence-corrected chi connectivity index (χ2v) is 8.22. The molecule has 0 fully saturated rings. The zero-order valence-electron chi connectivity index (χ0n) is 14.6. The molecule has 132 valence electrons. The molecular formula is C20H17Cl2N3O. The normalized spacial score (nSPS) is 13.8. The smallest absolute Gasteiger partial charge is 0.257 e. The van der Waals surface area contributed by atoms with Gasteiger partial charge in [-0.05, 0) is 50.6 Å². The Bertz CT molecular complexity index is 1140. The van der Waals surface area contributed by atoms with E-state index in [1.165, 1.54) is 0 Å². The van der Waals surface area contributed by atoms with E-state index in [4.69, 9.17) is 28.3 Å². The summed E-state index contributed by atoms with van der Waals surface area (Å²) in [6.45, 7) is 6.16. The first kappa shape index (κ1) is 17.1. The van der Waals surface area contributed by atoms with Gasteiger partial charge in [0.15, 0.2) is 0 Å². The van der Waals surface area contributed by atoms with Crippen molar-refractivity contribution >= 4 is 39.8 Å². The first-order valence-corrected chi connectivity index (χ1v) is 9.01. The molecule has 1 aliphatic rings. The van der Waals surface area contributed by atoms with Crippen LogP contribution >= 0.6 is 23.2 Å². The summed E-state index contributed by atoms with van der Waals surface area (Å²) in [6.07, 6.45) is 5.99. The van der Waals surface area contributed by atoms with E-state index in [1.807, 2.05) is 29.0 Å². The van der Waals surface area contributed by atoms with Crippen LogP contribution in [0.15, 0.2) is 47.3 Å². The van der Waals surface area contributed by atoms with E-state index in [9.17, 15) is 4.79 Å². The average Bonchev–Trinajstić information content (AvgIpc) is 2.82. The van der Waals surface area contributed by atoms with Crippen LogP contribution in [0, 0.1) is 0 Å². The molecule has 0 saturated heterocycles. The molecule has 0 spiro atoms. The largest absolute Gasteiger partial charge is 0.306 e. The molecule has 0 saturated carbocycles. The van der Waals surface area contributed by atoms with Gasteiger partial charge < -0.3 is 4.98 Å². The number of pyridine rings is 1. The highest BCUT2D eigenvalue weighted by molar-refractivity contribution is 6.35. The molecule has 0 bridgehead atoms. The minimum atomic E-state index is -0.270. The number of aromatic amines is 1. The summed E-state index contributed by atoms with van der Waals surface area (Å²) >= 11 is 12.2. The van der Waals surface area contributed by atoms with Crippen molar-refractivity contribution in [3.8, 4) is 11.1 Å². The third-order valence-corrected chi connectivity index (χ3v) is 4.76. The lowest BCUT2D eigenvalue weighted by Gasteiger charge is -2.20. The number of aromatic nitrogens is 3. The summed E-state index contributed by atoms with van der Waals surface area (Å²) < 4.78 is 1.86. The monoisotopic (exact) mass is 385 g/mol. The molecule has 0 unspecified atom stereocenters. The van der Waals surface area contributed by atoms with Crippen LogP contribution in [0.1, 0.15) is 26.5 Å². The molecule has 26 heavy (non-hydrogen) atoms. The molecule has 0 atom stereocenters. The second kappa shape index (κ2) is 5.86. The Hall–Kier alpha value is -2.30. The van der Waals surface area contributed by atoms with Crippen molar-refractivity contribution < 1.29 is 0 Å². The molecule has 1 aliphatic carbocycles. The van der Waals surface area contributed by atoms with Gasteiger partial charge in [-0.25, -0.2) is 4.68 Å². The Balaban J connectivity index is 2.03. The predicted molar refractivity (Wildman–Crippen MR) is 108 cm³/mol. The van der Waals surface area contributed by atoms with Crippen molar-refractivity contribution in [2.24, 2.45) is 0 Å². The van der Waals surface area contributed by atoms with Gasteiger partial charge >= 0.3 is 0 Å². The lowest BCUT2D eigenvalue weighted by atomic mass is 10.0. The Morgan fingerprint density at radius 2 is 1.73 bits per heavy atom. The number of rotatable bonds is 2. The van der Waals surface area contributed by atoms with E-state index in [2.05, 4.69) is 25.8 Å². The topological polar surface area (TPSA) is 50.7 Å². The number of allylic oxidation sites excluding steroid dienone is 4. The van der Waals surface area contributed by atoms with Crippen LogP contribution in [-0.2, 0) is 5.54 Å². The van der Waals surface area contributed by atoms with E-state index >= 15 is 0 Å². The summed E-state index contributed by atoms with van der Waals surface area (Å²) in [5.41, 5.74) is 3.32. The average molecular weight is 386 g/mol. The maximum atomic E-state index is 12.8. The summed E-state index contributed by atoms with van der Waals surface area (Å²) in [6, 6.07) is 6.99. The number of nitrogens with one attached hydrogen (secondary N) is 1. The second-order valence-electron chi connectivity index (χ2n) is 7.34. The molecule has 3 aromatic rings. The highest BCUT2D eigenvalue weighted by atomic mass is 35.5. The van der Waals surface area contributed by atoms with E-state index < -0.39 is 0 Å². The fourth-order valence-corrected chi connectivity index (χ4v) is 3.57. The van der Waals surface area contributed by atoms with Crippen molar-refractivity contribution in [1.29, 1.82) is 0 Å². The van der Waals surface area contributed by atoms with Crippen molar-refractivity contribution in [3.63, 3.8) is 0 Å². The number of fused-ring (bicyclic) bond motifs is 1. The highest BCUT2D eigenvalue weighted by Crippen LogP contribution is 2.33. The van der Waals surface area contributed by atoms with Crippen LogP contribution in [0.25, 0.3) is 27.7 Å². The van der Waals surface area contributed by atoms with Gasteiger partial charge in [0.1, 0.15) is 11.3 Å². The first-order valence-electron chi connectivity index (χ1n) is 8.26. The van der Waals surface area contributed by atoms with Gasteiger partial charge in [0, 0.05) is 26.6 Å². The maximum Gasteiger partial charge on any atom is 0.257 e. The van der Waals surface area contributed by atoms with Crippen LogP contribution < -0.4 is 5.56 Å². The van der Waals surface area contributed by atoms with Crippen molar-refractivity contribution in [2.45, 2.75) is 26.3 Å². The van der Waals surface area contributed by atoms with E-state index in [-0.39, 0.29) is 11.1 Å². The number of hydrogen-bond donors (Lipinski definition) is 1. The first-order chi connectivity index (χ1) is 12.2. The summed E-state index contributed by atoms with van der Waals surface area (Å²) in [7, 11) is 0. The van der Waals surface area contributed by atoms with Gasteiger partial charge in [-0.2, -0.15) is 5.10 Å². The lowest BCUT2D eigenvalue weighted by Crippen LogP contribution is -2.24. The molecule has 1 aromatic carbocycles. The Morgan fingerprint density at radius 3 is 2.27 bits per heavy atom. The molecule has 0 aliphatic heterocycles. The zero-order valence-corrected chi connectivity index (χ0v) is 16.1. The molecule has 2 aromatic heterocycles. The molecular weight excluding hydrogens is 369 g/mol. The lowest BCUT2D eigenvalue weighted by molar-refractivity contribution is 0.365. The highest BCUT2D eigenvalue weighted by Gasteiger charge is 2.24. The number of benzene rings is 1. The molecule has 0 radical (unpaired) electrons. The van der Waals surface area contributed by atoms with Crippen LogP contribution in [0.4, 0.5) is 0 Å². The van der Waals surface area contributed by atoms with Gasteiger partial charge in [0.05, 0.1) is 5.54 Å². The molecule has 6 heteroatoms. The van der Waals surface area contributed by atoms with Gasteiger partial charge in [-0.1, -0.05) is 41.4 Å². The zero-order chi connectivity index (χ0) is 18.6. The third kappa shape index (κ3) is 2.79. The Morgan fingerprint density at radius 1 is 1.08 bits per heavy atom. The van der Waals surface area contributed by atoms with Crippen LogP contribution in [0.2, 0.25) is 10.0 Å². The van der Waals surface area contributed by atoms with Crippen LogP contribution in [0.3, 0.4) is 0 Å². The number of nitrogens with zero attached hydrogens (tertiary/aromatic N) is 2. The maximum absolute atomic E-state index is 12.8. The fraction of sp³-hybridized carbons (Fsp3) is 0.200. The molecule has 4 nitrogen and oxygen atoms in total. The van der Waals surface area contributed by atoms with Crippen molar-refractivity contribution in [3.05, 3.63) is 68.6 Å². The number of hydrogen-bond acceptors (Lipinski definition) is 2. The van der Waals surface area contributed by atoms with Gasteiger partial charge in [0.25, 0.3) is 5.56 Å². The SMILES string of the molecule is CC(C)(C)n1nc(C2=CC=C2)c2cc(-c3cc(Cl)cc(Cl)c3)c(=O)[nH]c21.